The van der Waals surface area contributed by atoms with Gasteiger partial charge in [0.15, 0.2) is 0 Å². The summed E-state index contributed by atoms with van der Waals surface area (Å²) < 4.78 is 0. The third kappa shape index (κ3) is 6.55. The largest absolute Gasteiger partial charge is 0.358 e. The molecule has 1 heterocycles. The van der Waals surface area contributed by atoms with Crippen molar-refractivity contribution in [2.75, 3.05) is 0 Å². The van der Waals surface area contributed by atoms with Crippen LogP contribution in [0.3, 0.4) is 0 Å². The maximum absolute atomic E-state index is 6.23. The molecule has 0 bridgehead atoms. The van der Waals surface area contributed by atoms with Gasteiger partial charge < -0.3 is 4.98 Å². The zero-order valence-corrected chi connectivity index (χ0v) is 18.8. The number of nitrogens with one attached hydrogen (secondary N) is 1. The van der Waals surface area contributed by atoms with Gasteiger partial charge >= 0.3 is 0 Å². The lowest BCUT2D eigenvalue weighted by atomic mass is 9.83. The number of hydrogen-bond acceptors (Lipinski definition) is 0. The van der Waals surface area contributed by atoms with E-state index in [1.807, 2.05) is 6.07 Å². The van der Waals surface area contributed by atoms with Crippen LogP contribution in [-0.4, -0.2) is 4.98 Å². The molecule has 1 aliphatic rings. The van der Waals surface area contributed by atoms with E-state index >= 15 is 0 Å². The molecular weight excluding hydrogens is 362 g/mol. The van der Waals surface area contributed by atoms with Gasteiger partial charge in [-0.1, -0.05) is 102 Å². The van der Waals surface area contributed by atoms with E-state index in [1.54, 1.807) is 5.56 Å². The van der Waals surface area contributed by atoms with Gasteiger partial charge in [0.2, 0.25) is 0 Å². The van der Waals surface area contributed by atoms with E-state index < -0.39 is 0 Å². The average molecular weight is 402 g/mol. The molecule has 0 saturated heterocycles. The Hall–Kier alpha value is -0.950. The number of hydrogen-bond donors (Lipinski definition) is 1. The van der Waals surface area contributed by atoms with Gasteiger partial charge in [-0.3, -0.25) is 0 Å². The lowest BCUT2D eigenvalue weighted by Crippen LogP contribution is -2.13. The molecule has 0 fully saturated rings. The molecule has 1 atom stereocenters. The van der Waals surface area contributed by atoms with Crippen molar-refractivity contribution < 1.29 is 0 Å². The zero-order valence-electron chi connectivity index (χ0n) is 18.0. The van der Waals surface area contributed by atoms with Crippen molar-refractivity contribution in [3.8, 4) is 0 Å². The Balaban J connectivity index is 1.26. The zero-order chi connectivity index (χ0) is 19.6. The summed E-state index contributed by atoms with van der Waals surface area (Å²) in [5.74, 6) is 0.869. The van der Waals surface area contributed by atoms with Crippen LogP contribution in [-0.2, 0) is 12.8 Å². The summed E-state index contributed by atoms with van der Waals surface area (Å²) in [7, 11) is 0. The highest BCUT2D eigenvalue weighted by Gasteiger charge is 2.22. The van der Waals surface area contributed by atoms with Crippen LogP contribution in [0.15, 0.2) is 18.2 Å². The van der Waals surface area contributed by atoms with Gasteiger partial charge in [-0.15, -0.1) is 0 Å². The van der Waals surface area contributed by atoms with Gasteiger partial charge in [0.25, 0.3) is 0 Å². The Kier molecular flexibility index (Phi) is 9.25. The molecule has 3 rings (SSSR count). The number of rotatable bonds is 13. The van der Waals surface area contributed by atoms with E-state index in [0.29, 0.717) is 0 Å². The average Bonchev–Trinajstić information content (AvgIpc) is 3.06. The predicted octanol–water partition coefficient (Wildman–Crippen LogP) is 9.02. The fourth-order valence-corrected chi connectivity index (χ4v) is 5.15. The number of fused-ring (bicyclic) bond motifs is 3. The standard InChI is InChI=1S/C26H40ClN/c1-2-3-4-5-6-7-8-9-10-11-12-13-14-21-15-17-25-23(19-21)24-20-22(27)16-18-26(24)28-25/h16,18,20-21,28H,2-15,17,19H2,1H3. The van der Waals surface area contributed by atoms with E-state index in [0.717, 1.165) is 10.9 Å². The topological polar surface area (TPSA) is 15.8 Å². The van der Waals surface area contributed by atoms with Crippen LogP contribution in [0, 0.1) is 5.92 Å². The van der Waals surface area contributed by atoms with E-state index in [2.05, 4.69) is 24.0 Å². The molecule has 0 radical (unpaired) electrons. The van der Waals surface area contributed by atoms with E-state index in [9.17, 15) is 0 Å². The minimum Gasteiger partial charge on any atom is -0.358 e. The molecule has 1 nitrogen and oxygen atoms in total. The van der Waals surface area contributed by atoms with Crippen LogP contribution < -0.4 is 0 Å². The summed E-state index contributed by atoms with van der Waals surface area (Å²) >= 11 is 6.23. The monoisotopic (exact) mass is 401 g/mol. The highest BCUT2D eigenvalue weighted by molar-refractivity contribution is 6.31. The number of aromatic nitrogens is 1. The van der Waals surface area contributed by atoms with Crippen molar-refractivity contribution in [1.29, 1.82) is 0 Å². The Morgan fingerprint density at radius 1 is 0.893 bits per heavy atom. The molecular formula is C26H40ClN. The first-order valence-electron chi connectivity index (χ1n) is 12.1. The van der Waals surface area contributed by atoms with E-state index in [4.69, 9.17) is 11.6 Å². The molecule has 2 heteroatoms. The van der Waals surface area contributed by atoms with Crippen LogP contribution in [0.5, 0.6) is 0 Å². The van der Waals surface area contributed by atoms with Crippen LogP contribution in [0.4, 0.5) is 0 Å². The van der Waals surface area contributed by atoms with Crippen molar-refractivity contribution >= 4 is 22.5 Å². The van der Waals surface area contributed by atoms with Crippen molar-refractivity contribution in [3.63, 3.8) is 0 Å². The molecule has 2 aromatic rings. The van der Waals surface area contributed by atoms with Crippen molar-refractivity contribution in [2.24, 2.45) is 5.92 Å². The number of halogens is 1. The molecule has 0 amide bonds. The highest BCUT2D eigenvalue weighted by atomic mass is 35.5. The lowest BCUT2D eigenvalue weighted by molar-refractivity contribution is 0.403. The van der Waals surface area contributed by atoms with Gasteiger partial charge in [-0.05, 0) is 48.9 Å². The first kappa shape index (κ1) is 21.8. The first-order chi connectivity index (χ1) is 13.8. The minimum atomic E-state index is 0.859. The molecule has 0 aliphatic heterocycles. The summed E-state index contributed by atoms with van der Waals surface area (Å²) in [6.45, 7) is 2.30. The summed E-state index contributed by atoms with van der Waals surface area (Å²) in [5.41, 5.74) is 4.27. The van der Waals surface area contributed by atoms with Crippen LogP contribution in [0.2, 0.25) is 5.02 Å². The Morgan fingerprint density at radius 2 is 1.54 bits per heavy atom. The van der Waals surface area contributed by atoms with Gasteiger partial charge in [0.05, 0.1) is 0 Å². The van der Waals surface area contributed by atoms with Crippen molar-refractivity contribution in [1.82, 2.24) is 4.98 Å². The molecule has 1 aliphatic carbocycles. The highest BCUT2D eigenvalue weighted by Crippen LogP contribution is 2.35. The van der Waals surface area contributed by atoms with Gasteiger partial charge in [0.1, 0.15) is 0 Å². The van der Waals surface area contributed by atoms with Gasteiger partial charge in [0, 0.05) is 21.6 Å². The summed E-state index contributed by atoms with van der Waals surface area (Å²) in [6, 6.07) is 6.28. The fourth-order valence-electron chi connectivity index (χ4n) is 4.98. The maximum Gasteiger partial charge on any atom is 0.0460 e. The number of benzene rings is 1. The molecule has 0 spiro atoms. The molecule has 1 aromatic carbocycles. The van der Waals surface area contributed by atoms with Gasteiger partial charge in [-0.2, -0.15) is 0 Å². The summed E-state index contributed by atoms with van der Waals surface area (Å²) in [4.78, 5) is 3.62. The van der Waals surface area contributed by atoms with Crippen molar-refractivity contribution in [2.45, 2.75) is 110 Å². The second-order valence-electron chi connectivity index (χ2n) is 9.06. The molecule has 28 heavy (non-hydrogen) atoms. The number of aromatic amines is 1. The minimum absolute atomic E-state index is 0.859. The number of unbranched alkanes of at least 4 members (excludes halogenated alkanes) is 11. The molecule has 1 N–H and O–H groups in total. The molecule has 1 aromatic heterocycles. The van der Waals surface area contributed by atoms with Gasteiger partial charge in [-0.25, -0.2) is 0 Å². The van der Waals surface area contributed by atoms with E-state index in [1.165, 1.54) is 119 Å². The number of aryl methyl sites for hydroxylation is 1. The quantitative estimate of drug-likeness (QED) is 0.322. The molecule has 1 unspecified atom stereocenters. The fraction of sp³-hybridized carbons (Fsp3) is 0.692. The third-order valence-electron chi connectivity index (χ3n) is 6.72. The van der Waals surface area contributed by atoms with Crippen LogP contribution >= 0.6 is 11.6 Å². The second-order valence-corrected chi connectivity index (χ2v) is 9.50. The molecule has 0 saturated carbocycles. The lowest BCUT2D eigenvalue weighted by Gasteiger charge is -2.22. The molecule has 156 valence electrons. The van der Waals surface area contributed by atoms with Crippen LogP contribution in [0.25, 0.3) is 10.9 Å². The Bertz CT molecular complexity index is 702. The normalized spacial score (nSPS) is 16.6. The van der Waals surface area contributed by atoms with Crippen molar-refractivity contribution in [3.05, 3.63) is 34.5 Å². The summed E-state index contributed by atoms with van der Waals surface area (Å²) in [5, 5.41) is 2.22. The summed E-state index contributed by atoms with van der Waals surface area (Å²) in [6.07, 6.45) is 22.5. The Labute approximate surface area is 177 Å². The Morgan fingerprint density at radius 3 is 2.21 bits per heavy atom. The second kappa shape index (κ2) is 11.9. The smallest absolute Gasteiger partial charge is 0.0460 e. The van der Waals surface area contributed by atoms with Crippen LogP contribution in [0.1, 0.15) is 108 Å². The number of H-pyrrole nitrogens is 1. The van der Waals surface area contributed by atoms with E-state index in [-0.39, 0.29) is 0 Å². The first-order valence-corrected chi connectivity index (χ1v) is 12.4. The predicted molar refractivity (Wildman–Crippen MR) is 125 cm³/mol. The maximum atomic E-state index is 6.23. The third-order valence-corrected chi connectivity index (χ3v) is 6.95. The SMILES string of the molecule is CCCCCCCCCCCCCCC1CCc2[nH]c3ccc(Cl)cc3c2C1.